The van der Waals surface area contributed by atoms with E-state index in [9.17, 15) is 16.8 Å². The Kier molecular flexibility index (Phi) is 7.08. The summed E-state index contributed by atoms with van der Waals surface area (Å²) in [5.74, 6) is 0.247. The van der Waals surface area contributed by atoms with Crippen molar-refractivity contribution in [2.45, 2.75) is 34.7 Å². The number of primary sulfonamides is 1. The van der Waals surface area contributed by atoms with E-state index in [1.165, 1.54) is 23.5 Å². The lowest BCUT2D eigenvalue weighted by Crippen LogP contribution is -2.48. The van der Waals surface area contributed by atoms with Crippen LogP contribution in [0.1, 0.15) is 12.8 Å². The number of benzene rings is 2. The van der Waals surface area contributed by atoms with E-state index in [1.807, 2.05) is 6.07 Å². The molecule has 0 spiro atoms. The first-order chi connectivity index (χ1) is 18.5. The molecule has 2 aliphatic rings. The van der Waals surface area contributed by atoms with Crippen LogP contribution in [0.3, 0.4) is 0 Å². The fraction of sp³-hybridized carbons (Fsp3) is 0.286. The summed E-state index contributed by atoms with van der Waals surface area (Å²) in [7, 11) is -8.89. The van der Waals surface area contributed by atoms with E-state index < -0.39 is 36.3 Å². The zero-order chi connectivity index (χ0) is 27.9. The van der Waals surface area contributed by atoms with Gasteiger partial charge in [-0.3, -0.25) is 0 Å². The molecular weight excluding hydrogens is 570 g/mol. The van der Waals surface area contributed by atoms with Crippen molar-refractivity contribution in [1.29, 1.82) is 0 Å². The number of sulfonamides is 2. The number of para-hydroxylation sites is 1. The molecule has 3 atom stereocenters. The quantitative estimate of drug-likeness (QED) is 0.165. The van der Waals surface area contributed by atoms with E-state index in [1.54, 1.807) is 12.1 Å². The van der Waals surface area contributed by atoms with Crippen LogP contribution >= 0.6 is 11.3 Å². The van der Waals surface area contributed by atoms with E-state index in [2.05, 4.69) is 35.6 Å². The molecule has 15 nitrogen and oxygen atoms in total. The molecule has 39 heavy (non-hydrogen) atoms. The summed E-state index contributed by atoms with van der Waals surface area (Å²) in [4.78, 5) is 11.5. The Morgan fingerprint density at radius 3 is 2.51 bits per heavy atom. The topological polar surface area (TPSA) is 252 Å². The summed E-state index contributed by atoms with van der Waals surface area (Å²) in [5.41, 5.74) is 7.17. The monoisotopic (exact) mass is 592 g/mol. The summed E-state index contributed by atoms with van der Waals surface area (Å²) < 4.78 is 56.6. The zero-order valence-corrected chi connectivity index (χ0v) is 22.4. The number of hydrogen-bond donors (Lipinski definition) is 5. The van der Waals surface area contributed by atoms with Crippen molar-refractivity contribution in [3.63, 3.8) is 0 Å². The van der Waals surface area contributed by atoms with Gasteiger partial charge in [-0.2, -0.15) is 5.21 Å². The van der Waals surface area contributed by atoms with Crippen molar-refractivity contribution in [1.82, 2.24) is 35.6 Å². The first-order valence-electron chi connectivity index (χ1n) is 11.4. The van der Waals surface area contributed by atoms with Gasteiger partial charge in [0.2, 0.25) is 25.9 Å². The van der Waals surface area contributed by atoms with Gasteiger partial charge in [0.05, 0.1) is 15.8 Å². The summed E-state index contributed by atoms with van der Waals surface area (Å²) in [6.45, 7) is 0.342. The van der Waals surface area contributed by atoms with E-state index in [4.69, 9.17) is 20.8 Å². The fourth-order valence-electron chi connectivity index (χ4n) is 5.20. The maximum absolute atomic E-state index is 13.6. The number of aromatic nitrogens is 5. The molecule has 206 valence electrons. The molecule has 2 aromatic heterocycles. The molecule has 1 unspecified atom stereocenters. The minimum Gasteiger partial charge on any atom is -0.554 e. The number of nitrogens with one attached hydrogen (secondary N) is 3. The number of hydrogen-bond acceptors (Lipinski definition) is 13. The van der Waals surface area contributed by atoms with Crippen LogP contribution in [0.5, 0.6) is 0 Å². The van der Waals surface area contributed by atoms with E-state index in [-0.39, 0.29) is 23.5 Å². The number of piperidine rings is 1. The Bertz CT molecular complexity index is 1760. The van der Waals surface area contributed by atoms with Gasteiger partial charge in [-0.25, -0.2) is 31.7 Å². The third kappa shape index (κ3) is 5.09. The number of fused-ring (bicyclic) bond motifs is 3. The molecule has 1 aliphatic heterocycles. The summed E-state index contributed by atoms with van der Waals surface area (Å²) in [5, 5.41) is 31.3. The maximum Gasteiger partial charge on any atom is 0.242 e. The Morgan fingerprint density at radius 2 is 1.90 bits per heavy atom. The van der Waals surface area contributed by atoms with Crippen LogP contribution in [0.2, 0.25) is 0 Å². The molecule has 2 fully saturated rings. The largest absolute Gasteiger partial charge is 0.554 e. The maximum atomic E-state index is 13.6. The number of carbonyl (C=O) groups excluding carboxylic acids is 1. The highest BCUT2D eigenvalue weighted by Gasteiger charge is 2.42. The highest BCUT2D eigenvalue weighted by Crippen LogP contribution is 2.42. The number of nitrogens with two attached hydrogens (primary N) is 2. The van der Waals surface area contributed by atoms with Crippen molar-refractivity contribution in [2.24, 2.45) is 11.1 Å². The normalized spacial score (nSPS) is 20.6. The number of carboxylic acid groups (broad SMARTS) is 1. The third-order valence-electron chi connectivity index (χ3n) is 6.63. The van der Waals surface area contributed by atoms with E-state index in [0.29, 0.717) is 34.1 Å². The number of tetrazole rings is 1. The Balaban J connectivity index is 0.000000983. The lowest BCUT2D eigenvalue weighted by atomic mass is 9.98. The molecule has 6 rings (SSSR count). The van der Waals surface area contributed by atoms with Crippen LogP contribution in [0, 0.1) is 5.92 Å². The van der Waals surface area contributed by atoms with Gasteiger partial charge in [0.15, 0.2) is 5.13 Å². The molecule has 3 heterocycles. The molecule has 7 N–H and O–H groups in total. The SMILES string of the molecule is Nc1nc2c(-c3ccc(S(=O)(=O)NC4C[C@@H]5CN[C@H]4C5)c(S(N)(=O)=O)c3-c3nn[nH]n3)cccc2s1.O=C[O-]. The van der Waals surface area contributed by atoms with Gasteiger partial charge in [0.25, 0.3) is 0 Å². The first kappa shape index (κ1) is 27.0. The Hall–Kier alpha value is -3.55. The van der Waals surface area contributed by atoms with Gasteiger partial charge in [-0.05, 0) is 48.2 Å². The van der Waals surface area contributed by atoms with Crippen molar-refractivity contribution in [3.8, 4) is 22.5 Å². The number of rotatable bonds is 6. The van der Waals surface area contributed by atoms with Crippen LogP contribution in [0.4, 0.5) is 5.13 Å². The van der Waals surface area contributed by atoms with Crippen molar-refractivity contribution in [3.05, 3.63) is 30.3 Å². The number of H-pyrrole nitrogens is 1. The molecule has 1 saturated carbocycles. The van der Waals surface area contributed by atoms with Crippen LogP contribution < -0.4 is 26.0 Å². The lowest BCUT2D eigenvalue weighted by Gasteiger charge is -2.24. The van der Waals surface area contributed by atoms with Gasteiger partial charge >= 0.3 is 0 Å². The Labute approximate surface area is 226 Å². The molecule has 0 amide bonds. The minimum absolute atomic E-state index is 0.00798. The molecule has 1 saturated heterocycles. The number of nitrogens with zero attached hydrogens (tertiary/aromatic N) is 4. The molecular formula is C21H22N9O6S3-. The fourth-order valence-corrected chi connectivity index (χ4v) is 8.85. The standard InChI is InChI=1S/C20H21N9O4S3.CH2O2/c21-20-24-17-11(2-1-3-14(17)34-20)10-4-5-15(18(35(22,30)31)16(10)19-25-28-29-26-19)36(32,33)27-13-7-9-6-12(13)23-8-9;2-1-3/h1-5,9,12-13,23,27H,6-8H2,(H2,21,24)(H2,22,30,31)(H,25,26,28,29);1H,(H,2,3)/p-1/t9-,12+,13?;/m1./s1. The van der Waals surface area contributed by atoms with E-state index in [0.717, 1.165) is 17.7 Å². The van der Waals surface area contributed by atoms with Gasteiger partial charge in [0.1, 0.15) is 9.79 Å². The Morgan fingerprint density at radius 1 is 1.13 bits per heavy atom. The zero-order valence-electron chi connectivity index (χ0n) is 19.9. The van der Waals surface area contributed by atoms with Gasteiger partial charge < -0.3 is 21.0 Å². The second-order valence-corrected chi connectivity index (χ2v) is 13.2. The average molecular weight is 593 g/mol. The van der Waals surface area contributed by atoms with E-state index >= 15 is 0 Å². The summed E-state index contributed by atoms with van der Waals surface area (Å²) in [6.07, 6.45) is 1.54. The predicted octanol–water partition coefficient (Wildman–Crippen LogP) is -1.23. The highest BCUT2D eigenvalue weighted by molar-refractivity contribution is 7.92. The van der Waals surface area contributed by atoms with Gasteiger partial charge in [-0.1, -0.05) is 29.5 Å². The molecule has 18 heteroatoms. The number of thiazole rings is 1. The first-order valence-corrected chi connectivity index (χ1v) is 15.3. The van der Waals surface area contributed by atoms with Gasteiger partial charge in [-0.15, -0.1) is 10.2 Å². The molecule has 0 radical (unpaired) electrons. The number of nitrogen functional groups attached to an aromatic ring is 1. The van der Waals surface area contributed by atoms with Crippen LogP contribution in [-0.2, 0) is 24.8 Å². The highest BCUT2D eigenvalue weighted by atomic mass is 32.2. The number of anilines is 1. The lowest BCUT2D eigenvalue weighted by molar-refractivity contribution is -0.283. The van der Waals surface area contributed by atoms with Crippen LogP contribution in [0.25, 0.3) is 32.7 Å². The molecule has 1 aliphatic carbocycles. The predicted molar refractivity (Wildman–Crippen MR) is 139 cm³/mol. The average Bonchev–Trinajstić information content (AvgIpc) is 3.67. The second kappa shape index (κ2) is 10.2. The van der Waals surface area contributed by atoms with Crippen molar-refractivity contribution < 1.29 is 26.7 Å². The smallest absolute Gasteiger partial charge is 0.242 e. The molecule has 2 bridgehead atoms. The number of carbonyl (C=O) groups is 1. The van der Waals surface area contributed by atoms with Crippen molar-refractivity contribution >= 4 is 53.2 Å². The number of aromatic amines is 1. The summed E-state index contributed by atoms with van der Waals surface area (Å²) >= 11 is 1.27. The van der Waals surface area contributed by atoms with Gasteiger partial charge in [0, 0.05) is 24.1 Å². The molecule has 4 aromatic rings. The molecule has 2 aromatic carbocycles. The third-order valence-corrected chi connectivity index (χ3v) is 10.1. The van der Waals surface area contributed by atoms with Crippen LogP contribution in [0.15, 0.2) is 40.1 Å². The van der Waals surface area contributed by atoms with Crippen molar-refractivity contribution in [2.75, 3.05) is 12.3 Å². The summed E-state index contributed by atoms with van der Waals surface area (Å²) in [6, 6.07) is 7.68. The van der Waals surface area contributed by atoms with Crippen LogP contribution in [-0.4, -0.2) is 67.5 Å². The minimum atomic E-state index is -4.59. The second-order valence-electron chi connectivity index (χ2n) is 8.98.